The molecular formula is C18H17Cl2N3O2. The maximum absolute atomic E-state index is 12.6. The highest BCUT2D eigenvalue weighted by Crippen LogP contribution is 2.23. The Hall–Kier alpha value is -2.50. The molecule has 0 aliphatic rings. The fraction of sp³-hybridized carbons (Fsp3) is 0.111. The third kappa shape index (κ3) is 5.24. The van der Waals surface area contributed by atoms with Gasteiger partial charge in [-0.15, -0.1) is 0 Å². The first-order valence-electron chi connectivity index (χ1n) is 7.38. The monoisotopic (exact) mass is 377 g/mol. The summed E-state index contributed by atoms with van der Waals surface area (Å²) in [6.07, 6.45) is 1.43. The number of rotatable bonds is 5. The average Bonchev–Trinajstić information content (AvgIpc) is 2.56. The SMILES string of the molecule is CN(C)C=C(C(=O)Nc1ccccc1Cl)C(=O)Nc1ccccc1Cl. The summed E-state index contributed by atoms with van der Waals surface area (Å²) in [5.74, 6) is -1.15. The number of amides is 2. The van der Waals surface area contributed by atoms with Crippen molar-refractivity contribution >= 4 is 46.4 Å². The molecule has 0 spiro atoms. The molecule has 2 aromatic carbocycles. The molecule has 130 valence electrons. The van der Waals surface area contributed by atoms with Crippen LogP contribution in [0.5, 0.6) is 0 Å². The Bertz CT molecular complexity index is 758. The minimum Gasteiger partial charge on any atom is -0.383 e. The van der Waals surface area contributed by atoms with Crippen LogP contribution < -0.4 is 10.6 Å². The molecule has 0 saturated heterocycles. The van der Waals surface area contributed by atoms with E-state index in [1.807, 2.05) is 0 Å². The van der Waals surface area contributed by atoms with E-state index in [9.17, 15) is 9.59 Å². The van der Waals surface area contributed by atoms with E-state index in [1.54, 1.807) is 67.5 Å². The standard InChI is InChI=1S/C18H17Cl2N3O2/c1-23(2)11-12(17(24)21-15-9-5-3-7-13(15)19)18(25)22-16-10-6-4-8-14(16)20/h3-11H,1-2H3,(H,21,24)(H,22,25). The molecule has 0 heterocycles. The Morgan fingerprint density at radius 1 is 0.840 bits per heavy atom. The number of nitrogens with zero attached hydrogens (tertiary/aromatic N) is 1. The number of carbonyl (C=O) groups excluding carboxylic acids is 2. The summed E-state index contributed by atoms with van der Waals surface area (Å²) in [6.45, 7) is 0. The molecule has 0 bridgehead atoms. The van der Waals surface area contributed by atoms with Crippen LogP contribution in [-0.2, 0) is 9.59 Å². The molecule has 0 aromatic heterocycles. The molecule has 0 unspecified atom stereocenters. The van der Waals surface area contributed by atoms with Gasteiger partial charge < -0.3 is 15.5 Å². The van der Waals surface area contributed by atoms with Gasteiger partial charge in [0.05, 0.1) is 21.4 Å². The molecule has 2 aromatic rings. The first-order chi connectivity index (χ1) is 11.9. The second-order valence-electron chi connectivity index (χ2n) is 5.37. The summed E-state index contributed by atoms with van der Waals surface area (Å²) in [4.78, 5) is 26.7. The van der Waals surface area contributed by atoms with Crippen molar-refractivity contribution in [1.82, 2.24) is 4.90 Å². The summed E-state index contributed by atoms with van der Waals surface area (Å²) < 4.78 is 0. The smallest absolute Gasteiger partial charge is 0.262 e. The lowest BCUT2D eigenvalue weighted by Gasteiger charge is -2.14. The highest BCUT2D eigenvalue weighted by Gasteiger charge is 2.20. The first-order valence-corrected chi connectivity index (χ1v) is 8.14. The molecule has 0 aliphatic carbocycles. The Labute approximate surface area is 156 Å². The number of halogens is 2. The number of nitrogens with one attached hydrogen (secondary N) is 2. The van der Waals surface area contributed by atoms with Crippen molar-refractivity contribution in [3.63, 3.8) is 0 Å². The lowest BCUT2D eigenvalue weighted by Crippen LogP contribution is -2.27. The number of benzene rings is 2. The van der Waals surface area contributed by atoms with Gasteiger partial charge in [-0.1, -0.05) is 47.5 Å². The van der Waals surface area contributed by atoms with E-state index < -0.39 is 11.8 Å². The Morgan fingerprint density at radius 2 is 1.24 bits per heavy atom. The van der Waals surface area contributed by atoms with Crippen molar-refractivity contribution in [2.75, 3.05) is 24.7 Å². The molecule has 25 heavy (non-hydrogen) atoms. The fourth-order valence-electron chi connectivity index (χ4n) is 1.98. The van der Waals surface area contributed by atoms with Crippen molar-refractivity contribution < 1.29 is 9.59 Å². The zero-order valence-electron chi connectivity index (χ0n) is 13.7. The summed E-state index contributed by atoms with van der Waals surface area (Å²) in [6, 6.07) is 13.6. The van der Waals surface area contributed by atoms with Gasteiger partial charge in [-0.25, -0.2) is 0 Å². The third-order valence-corrected chi connectivity index (χ3v) is 3.78. The van der Waals surface area contributed by atoms with E-state index >= 15 is 0 Å². The molecule has 5 nitrogen and oxygen atoms in total. The summed E-state index contributed by atoms with van der Waals surface area (Å²) >= 11 is 12.1. The maximum Gasteiger partial charge on any atom is 0.262 e. The van der Waals surface area contributed by atoms with Crippen LogP contribution in [0.1, 0.15) is 0 Å². The van der Waals surface area contributed by atoms with Crippen molar-refractivity contribution in [3.8, 4) is 0 Å². The van der Waals surface area contributed by atoms with E-state index in [0.29, 0.717) is 21.4 Å². The van der Waals surface area contributed by atoms with Gasteiger partial charge in [0.15, 0.2) is 0 Å². The third-order valence-electron chi connectivity index (χ3n) is 3.12. The topological polar surface area (TPSA) is 61.4 Å². The predicted octanol–water partition coefficient (Wildman–Crippen LogP) is 4.02. The molecule has 2 amide bonds. The van der Waals surface area contributed by atoms with Gasteiger partial charge >= 0.3 is 0 Å². The highest BCUT2D eigenvalue weighted by molar-refractivity contribution is 6.36. The minimum atomic E-state index is -0.577. The molecule has 0 atom stereocenters. The average molecular weight is 378 g/mol. The molecule has 0 fully saturated rings. The molecule has 0 radical (unpaired) electrons. The zero-order valence-corrected chi connectivity index (χ0v) is 15.2. The first kappa shape index (κ1) is 18.8. The molecule has 0 saturated carbocycles. The van der Waals surface area contributed by atoms with Crippen LogP contribution in [0.2, 0.25) is 10.0 Å². The Morgan fingerprint density at radius 3 is 1.60 bits per heavy atom. The van der Waals surface area contributed by atoms with Crippen LogP contribution in [-0.4, -0.2) is 30.8 Å². The molecule has 2 N–H and O–H groups in total. The molecule has 7 heteroatoms. The van der Waals surface area contributed by atoms with Crippen molar-refractivity contribution in [2.45, 2.75) is 0 Å². The van der Waals surface area contributed by atoms with E-state index in [-0.39, 0.29) is 5.57 Å². The number of carbonyl (C=O) groups is 2. The summed E-state index contributed by atoms with van der Waals surface area (Å²) in [7, 11) is 3.43. The largest absolute Gasteiger partial charge is 0.383 e. The number of anilines is 2. The second-order valence-corrected chi connectivity index (χ2v) is 6.19. The normalized spacial score (nSPS) is 9.92. The quantitative estimate of drug-likeness (QED) is 0.469. The van der Waals surface area contributed by atoms with E-state index in [1.165, 1.54) is 6.20 Å². The van der Waals surface area contributed by atoms with Crippen molar-refractivity contribution in [1.29, 1.82) is 0 Å². The Balaban J connectivity index is 2.24. The van der Waals surface area contributed by atoms with Gasteiger partial charge in [0, 0.05) is 20.3 Å². The lowest BCUT2D eigenvalue weighted by atomic mass is 10.2. The maximum atomic E-state index is 12.6. The second kappa shape index (κ2) is 8.55. The molecular weight excluding hydrogens is 361 g/mol. The summed E-state index contributed by atoms with van der Waals surface area (Å²) in [5.41, 5.74) is 0.763. The van der Waals surface area contributed by atoms with Gasteiger partial charge in [-0.05, 0) is 24.3 Å². The van der Waals surface area contributed by atoms with Gasteiger partial charge in [0.2, 0.25) is 0 Å². The van der Waals surface area contributed by atoms with Crippen LogP contribution in [0.15, 0.2) is 60.3 Å². The van der Waals surface area contributed by atoms with Gasteiger partial charge in [0.1, 0.15) is 5.57 Å². The Kier molecular flexibility index (Phi) is 6.44. The highest BCUT2D eigenvalue weighted by atomic mass is 35.5. The predicted molar refractivity (Wildman–Crippen MR) is 102 cm³/mol. The molecule has 2 rings (SSSR count). The lowest BCUT2D eigenvalue weighted by molar-refractivity contribution is -0.118. The van der Waals surface area contributed by atoms with E-state index in [0.717, 1.165) is 0 Å². The minimum absolute atomic E-state index is 0.0789. The van der Waals surface area contributed by atoms with E-state index in [4.69, 9.17) is 23.2 Å². The van der Waals surface area contributed by atoms with Crippen LogP contribution in [0.25, 0.3) is 0 Å². The van der Waals surface area contributed by atoms with Crippen molar-refractivity contribution in [3.05, 3.63) is 70.3 Å². The van der Waals surface area contributed by atoms with Gasteiger partial charge in [0.25, 0.3) is 11.8 Å². The number of para-hydroxylation sites is 2. The van der Waals surface area contributed by atoms with E-state index in [2.05, 4.69) is 10.6 Å². The molecule has 0 aliphatic heterocycles. The van der Waals surface area contributed by atoms with Crippen molar-refractivity contribution in [2.24, 2.45) is 0 Å². The van der Waals surface area contributed by atoms with Crippen LogP contribution in [0, 0.1) is 0 Å². The van der Waals surface area contributed by atoms with Gasteiger partial charge in [-0.2, -0.15) is 0 Å². The van der Waals surface area contributed by atoms with Crippen LogP contribution in [0.3, 0.4) is 0 Å². The summed E-state index contributed by atoms with van der Waals surface area (Å²) in [5, 5.41) is 6.04. The number of hydrogen-bond donors (Lipinski definition) is 2. The number of hydrogen-bond acceptors (Lipinski definition) is 3. The van der Waals surface area contributed by atoms with Crippen LogP contribution >= 0.6 is 23.2 Å². The van der Waals surface area contributed by atoms with Gasteiger partial charge in [-0.3, -0.25) is 9.59 Å². The fourth-order valence-corrected chi connectivity index (χ4v) is 2.35. The van der Waals surface area contributed by atoms with Crippen LogP contribution in [0.4, 0.5) is 11.4 Å². The zero-order chi connectivity index (χ0) is 18.4.